The summed E-state index contributed by atoms with van der Waals surface area (Å²) in [5, 5.41) is 5.96. The quantitative estimate of drug-likeness (QED) is 0.819. The number of halogens is 1. The van der Waals surface area contributed by atoms with Gasteiger partial charge in [0.2, 0.25) is 5.95 Å². The molecule has 0 spiro atoms. The molecule has 0 fully saturated rings. The largest absolute Gasteiger partial charge is 0.354 e. The van der Waals surface area contributed by atoms with Gasteiger partial charge in [-0.05, 0) is 43.0 Å². The van der Waals surface area contributed by atoms with E-state index in [0.717, 1.165) is 17.8 Å². The van der Waals surface area contributed by atoms with Gasteiger partial charge in [-0.3, -0.25) is 4.79 Å². The fraction of sp³-hybridized carbons (Fsp3) is 0.389. The molecule has 128 valence electrons. The van der Waals surface area contributed by atoms with Gasteiger partial charge in [-0.1, -0.05) is 26.0 Å². The Bertz CT molecular complexity index is 686. The number of carbonyl (C=O) groups excluding carboxylic acids is 1. The Kier molecular flexibility index (Phi) is 6.23. The van der Waals surface area contributed by atoms with Gasteiger partial charge < -0.3 is 10.6 Å². The maximum absolute atomic E-state index is 12.9. The molecule has 2 aromatic rings. The monoisotopic (exact) mass is 330 g/mol. The third-order valence-corrected chi connectivity index (χ3v) is 3.37. The zero-order chi connectivity index (χ0) is 17.5. The number of benzene rings is 1. The molecule has 24 heavy (non-hydrogen) atoms. The van der Waals surface area contributed by atoms with Gasteiger partial charge in [0.05, 0.1) is 0 Å². The molecule has 0 aliphatic carbocycles. The van der Waals surface area contributed by atoms with Gasteiger partial charge in [-0.2, -0.15) is 0 Å². The summed E-state index contributed by atoms with van der Waals surface area (Å²) in [4.78, 5) is 20.8. The predicted octanol–water partition coefficient (Wildman–Crippen LogP) is 2.96. The summed E-state index contributed by atoms with van der Waals surface area (Å²) in [5.74, 6) is 0.422. The maximum atomic E-state index is 12.9. The van der Waals surface area contributed by atoms with E-state index in [0.29, 0.717) is 30.5 Å². The van der Waals surface area contributed by atoms with Crippen LogP contribution in [0.25, 0.3) is 0 Å². The fourth-order valence-electron chi connectivity index (χ4n) is 2.12. The Balaban J connectivity index is 1.92. The summed E-state index contributed by atoms with van der Waals surface area (Å²) in [5.41, 5.74) is 2.04. The van der Waals surface area contributed by atoms with Crippen molar-refractivity contribution in [2.24, 2.45) is 5.92 Å². The Labute approximate surface area is 141 Å². The van der Waals surface area contributed by atoms with Crippen LogP contribution in [0.15, 0.2) is 30.3 Å². The highest BCUT2D eigenvalue weighted by atomic mass is 19.1. The topological polar surface area (TPSA) is 66.9 Å². The number of hydrogen-bond donors (Lipinski definition) is 2. The Morgan fingerprint density at radius 2 is 1.92 bits per heavy atom. The van der Waals surface area contributed by atoms with Gasteiger partial charge in [0.15, 0.2) is 0 Å². The number of carbonyl (C=O) groups is 1. The number of aryl methyl sites for hydroxylation is 1. The second-order valence-corrected chi connectivity index (χ2v) is 6.13. The Morgan fingerprint density at radius 1 is 1.21 bits per heavy atom. The molecule has 0 atom stereocenters. The van der Waals surface area contributed by atoms with Crippen LogP contribution in [0.4, 0.5) is 10.3 Å². The number of hydrogen-bond acceptors (Lipinski definition) is 4. The van der Waals surface area contributed by atoms with Crippen LogP contribution < -0.4 is 10.6 Å². The Hall–Kier alpha value is -2.50. The van der Waals surface area contributed by atoms with Crippen LogP contribution >= 0.6 is 0 Å². The lowest BCUT2D eigenvalue weighted by atomic mass is 10.1. The first-order valence-corrected chi connectivity index (χ1v) is 8.06. The van der Waals surface area contributed by atoms with Crippen LogP contribution in [0.1, 0.15) is 35.6 Å². The summed E-state index contributed by atoms with van der Waals surface area (Å²) >= 11 is 0. The minimum Gasteiger partial charge on any atom is -0.354 e. The van der Waals surface area contributed by atoms with E-state index in [4.69, 9.17) is 0 Å². The summed E-state index contributed by atoms with van der Waals surface area (Å²) < 4.78 is 12.9. The molecule has 1 aromatic carbocycles. The smallest absolute Gasteiger partial charge is 0.270 e. The van der Waals surface area contributed by atoms with E-state index in [9.17, 15) is 9.18 Å². The summed E-state index contributed by atoms with van der Waals surface area (Å²) in [6.45, 7) is 7.21. The van der Waals surface area contributed by atoms with E-state index in [2.05, 4.69) is 34.4 Å². The lowest BCUT2D eigenvalue weighted by Crippen LogP contribution is -2.27. The lowest BCUT2D eigenvalue weighted by molar-refractivity contribution is 0.0949. The van der Waals surface area contributed by atoms with Crippen LogP contribution in [0.3, 0.4) is 0 Å². The molecule has 2 N–H and O–H groups in total. The SMILES string of the molecule is Cc1cc(C(=O)NCCc2ccc(F)cc2)nc(NCC(C)C)n1. The molecule has 0 aliphatic heterocycles. The second kappa shape index (κ2) is 8.38. The molecule has 0 radical (unpaired) electrons. The van der Waals surface area contributed by atoms with Crippen molar-refractivity contribution in [3.8, 4) is 0 Å². The van der Waals surface area contributed by atoms with Crippen LogP contribution in [-0.4, -0.2) is 29.0 Å². The average molecular weight is 330 g/mol. The maximum Gasteiger partial charge on any atom is 0.270 e. The van der Waals surface area contributed by atoms with E-state index in [1.54, 1.807) is 18.2 Å². The molecule has 1 amide bonds. The van der Waals surface area contributed by atoms with E-state index >= 15 is 0 Å². The van der Waals surface area contributed by atoms with Gasteiger partial charge in [0, 0.05) is 18.8 Å². The van der Waals surface area contributed by atoms with E-state index < -0.39 is 0 Å². The van der Waals surface area contributed by atoms with Crippen molar-refractivity contribution in [3.63, 3.8) is 0 Å². The van der Waals surface area contributed by atoms with Crippen LogP contribution in [-0.2, 0) is 6.42 Å². The lowest BCUT2D eigenvalue weighted by Gasteiger charge is -2.10. The molecule has 5 nitrogen and oxygen atoms in total. The van der Waals surface area contributed by atoms with Crippen molar-refractivity contribution in [1.29, 1.82) is 0 Å². The molecular formula is C18H23FN4O. The fourth-order valence-corrected chi connectivity index (χ4v) is 2.12. The number of amides is 1. The third kappa shape index (κ3) is 5.61. The number of anilines is 1. The number of nitrogens with zero attached hydrogens (tertiary/aromatic N) is 2. The van der Waals surface area contributed by atoms with E-state index in [1.807, 2.05) is 6.92 Å². The van der Waals surface area contributed by atoms with Gasteiger partial charge >= 0.3 is 0 Å². The molecule has 0 saturated carbocycles. The van der Waals surface area contributed by atoms with Gasteiger partial charge in [0.1, 0.15) is 11.5 Å². The van der Waals surface area contributed by atoms with Crippen LogP contribution in [0, 0.1) is 18.7 Å². The van der Waals surface area contributed by atoms with Crippen molar-refractivity contribution in [1.82, 2.24) is 15.3 Å². The zero-order valence-electron chi connectivity index (χ0n) is 14.3. The first-order valence-electron chi connectivity index (χ1n) is 8.06. The molecule has 0 aliphatic rings. The van der Waals surface area contributed by atoms with E-state index in [1.165, 1.54) is 12.1 Å². The molecule has 0 unspecified atom stereocenters. The van der Waals surface area contributed by atoms with Crippen molar-refractivity contribution < 1.29 is 9.18 Å². The highest BCUT2D eigenvalue weighted by Crippen LogP contribution is 2.07. The first kappa shape index (κ1) is 17.8. The normalized spacial score (nSPS) is 10.7. The zero-order valence-corrected chi connectivity index (χ0v) is 14.3. The van der Waals surface area contributed by atoms with E-state index in [-0.39, 0.29) is 11.7 Å². The molecular weight excluding hydrogens is 307 g/mol. The first-order chi connectivity index (χ1) is 11.4. The predicted molar refractivity (Wildman–Crippen MR) is 92.5 cm³/mol. The molecule has 1 aromatic heterocycles. The van der Waals surface area contributed by atoms with Crippen molar-refractivity contribution in [2.45, 2.75) is 27.2 Å². The third-order valence-electron chi connectivity index (χ3n) is 3.37. The molecule has 0 bridgehead atoms. The molecule has 1 heterocycles. The minimum atomic E-state index is -0.263. The van der Waals surface area contributed by atoms with Gasteiger partial charge in [-0.15, -0.1) is 0 Å². The minimum absolute atomic E-state index is 0.241. The van der Waals surface area contributed by atoms with Crippen LogP contribution in [0.2, 0.25) is 0 Å². The van der Waals surface area contributed by atoms with Crippen molar-refractivity contribution in [3.05, 3.63) is 53.1 Å². The average Bonchev–Trinajstić information content (AvgIpc) is 2.54. The highest BCUT2D eigenvalue weighted by molar-refractivity contribution is 5.92. The Morgan fingerprint density at radius 3 is 2.58 bits per heavy atom. The number of aromatic nitrogens is 2. The summed E-state index contributed by atoms with van der Waals surface area (Å²) in [6.07, 6.45) is 0.633. The van der Waals surface area contributed by atoms with Crippen molar-refractivity contribution >= 4 is 11.9 Å². The highest BCUT2D eigenvalue weighted by Gasteiger charge is 2.10. The van der Waals surface area contributed by atoms with Crippen LogP contribution in [0.5, 0.6) is 0 Å². The van der Waals surface area contributed by atoms with Gasteiger partial charge in [0.25, 0.3) is 5.91 Å². The molecule has 6 heteroatoms. The van der Waals surface area contributed by atoms with Gasteiger partial charge in [-0.25, -0.2) is 14.4 Å². The summed E-state index contributed by atoms with van der Waals surface area (Å²) in [7, 11) is 0. The number of rotatable bonds is 7. The molecule has 2 rings (SSSR count). The molecule has 0 saturated heterocycles. The summed E-state index contributed by atoms with van der Waals surface area (Å²) in [6, 6.07) is 7.91. The number of nitrogens with one attached hydrogen (secondary N) is 2. The standard InChI is InChI=1S/C18H23FN4O/c1-12(2)11-21-18-22-13(3)10-16(23-18)17(24)20-9-8-14-4-6-15(19)7-5-14/h4-7,10,12H,8-9,11H2,1-3H3,(H,20,24)(H,21,22,23). The second-order valence-electron chi connectivity index (χ2n) is 6.13. The van der Waals surface area contributed by atoms with Crippen molar-refractivity contribution in [2.75, 3.05) is 18.4 Å².